The van der Waals surface area contributed by atoms with Gasteiger partial charge in [-0.05, 0) is 37.7 Å². The molecule has 0 aromatic heterocycles. The molecule has 0 heterocycles. The van der Waals surface area contributed by atoms with Gasteiger partial charge in [0.25, 0.3) is 0 Å². The molecule has 0 aliphatic carbocycles. The number of halogens is 3. The van der Waals surface area contributed by atoms with Gasteiger partial charge < -0.3 is 10.1 Å². The molecule has 0 fully saturated rings. The van der Waals surface area contributed by atoms with Gasteiger partial charge in [0.05, 0.1) is 13.7 Å². The van der Waals surface area contributed by atoms with Crippen LogP contribution in [0.15, 0.2) is 18.2 Å². The zero-order valence-corrected chi connectivity index (χ0v) is 12.8. The molecule has 0 radical (unpaired) electrons. The fraction of sp³-hybridized carbons (Fsp3) is 0.600. The normalized spacial score (nSPS) is 12.0. The maximum absolute atomic E-state index is 12.6. The molecule has 1 aromatic carbocycles. The van der Waals surface area contributed by atoms with Crippen LogP contribution in [0.3, 0.4) is 0 Å². The van der Waals surface area contributed by atoms with Crippen molar-refractivity contribution in [3.8, 4) is 5.75 Å². The van der Waals surface area contributed by atoms with Crippen LogP contribution in [0.1, 0.15) is 24.5 Å². The van der Waals surface area contributed by atoms with Gasteiger partial charge >= 0.3 is 6.18 Å². The van der Waals surface area contributed by atoms with Gasteiger partial charge in [-0.3, -0.25) is 4.90 Å². The summed E-state index contributed by atoms with van der Waals surface area (Å²) < 4.78 is 43.2. The summed E-state index contributed by atoms with van der Waals surface area (Å²) in [5.74, 6) is 0.623. The first-order chi connectivity index (χ1) is 9.89. The minimum absolute atomic E-state index is 0.230. The SMILES string of the molecule is CCCN(Cc1cc(CNC)ccc1OC)CC(F)(F)F. The van der Waals surface area contributed by atoms with Crippen LogP contribution in [0.4, 0.5) is 13.2 Å². The van der Waals surface area contributed by atoms with Crippen molar-refractivity contribution in [1.82, 2.24) is 10.2 Å². The van der Waals surface area contributed by atoms with E-state index in [1.807, 2.05) is 26.1 Å². The Morgan fingerprint density at radius 2 is 2.00 bits per heavy atom. The molecule has 0 saturated carbocycles. The van der Waals surface area contributed by atoms with E-state index in [1.54, 1.807) is 6.07 Å². The van der Waals surface area contributed by atoms with E-state index >= 15 is 0 Å². The van der Waals surface area contributed by atoms with E-state index in [2.05, 4.69) is 5.32 Å². The first-order valence-electron chi connectivity index (χ1n) is 6.99. The summed E-state index contributed by atoms with van der Waals surface area (Å²) in [6.07, 6.45) is -3.51. The molecule has 1 N–H and O–H groups in total. The Morgan fingerprint density at radius 1 is 1.29 bits per heavy atom. The third kappa shape index (κ3) is 6.35. The number of alkyl halides is 3. The van der Waals surface area contributed by atoms with Gasteiger partial charge in [0.1, 0.15) is 5.75 Å². The fourth-order valence-corrected chi connectivity index (χ4v) is 2.29. The van der Waals surface area contributed by atoms with Gasteiger partial charge in [0, 0.05) is 18.7 Å². The Bertz CT molecular complexity index is 435. The smallest absolute Gasteiger partial charge is 0.401 e. The van der Waals surface area contributed by atoms with E-state index in [1.165, 1.54) is 12.0 Å². The molecule has 6 heteroatoms. The number of rotatable bonds is 8. The molecule has 0 aliphatic rings. The molecule has 1 rings (SSSR count). The summed E-state index contributed by atoms with van der Waals surface area (Å²) in [4.78, 5) is 1.40. The average Bonchev–Trinajstić information content (AvgIpc) is 2.38. The van der Waals surface area contributed by atoms with E-state index in [4.69, 9.17) is 4.74 Å². The topological polar surface area (TPSA) is 24.5 Å². The molecule has 0 aliphatic heterocycles. The van der Waals surface area contributed by atoms with Crippen molar-refractivity contribution in [2.45, 2.75) is 32.6 Å². The molecule has 120 valence electrons. The van der Waals surface area contributed by atoms with Crippen molar-refractivity contribution in [3.05, 3.63) is 29.3 Å². The summed E-state index contributed by atoms with van der Waals surface area (Å²) in [6, 6.07) is 5.61. The number of hydrogen-bond donors (Lipinski definition) is 1. The average molecular weight is 304 g/mol. The van der Waals surface area contributed by atoms with Gasteiger partial charge in [0.2, 0.25) is 0 Å². The molecule has 3 nitrogen and oxygen atoms in total. The third-order valence-electron chi connectivity index (χ3n) is 3.06. The number of nitrogens with zero attached hydrogens (tertiary/aromatic N) is 1. The molecule has 0 unspecified atom stereocenters. The van der Waals surface area contributed by atoms with Crippen molar-refractivity contribution in [2.75, 3.05) is 27.2 Å². The molecular weight excluding hydrogens is 281 g/mol. The Labute approximate surface area is 124 Å². The van der Waals surface area contributed by atoms with E-state index in [-0.39, 0.29) is 6.54 Å². The maximum Gasteiger partial charge on any atom is 0.401 e. The number of hydrogen-bond acceptors (Lipinski definition) is 3. The van der Waals surface area contributed by atoms with Crippen molar-refractivity contribution in [3.63, 3.8) is 0 Å². The van der Waals surface area contributed by atoms with E-state index in [0.29, 0.717) is 25.3 Å². The number of nitrogens with one attached hydrogen (secondary N) is 1. The van der Waals surface area contributed by atoms with Gasteiger partial charge in [-0.15, -0.1) is 0 Å². The summed E-state index contributed by atoms with van der Waals surface area (Å²) in [7, 11) is 3.36. The van der Waals surface area contributed by atoms with Crippen LogP contribution in [0.25, 0.3) is 0 Å². The van der Waals surface area contributed by atoms with Crippen molar-refractivity contribution in [1.29, 1.82) is 0 Å². The molecule has 21 heavy (non-hydrogen) atoms. The Balaban J connectivity index is 2.92. The molecule has 0 spiro atoms. The van der Waals surface area contributed by atoms with Crippen molar-refractivity contribution in [2.24, 2.45) is 0 Å². The van der Waals surface area contributed by atoms with E-state index in [0.717, 1.165) is 11.1 Å². The fourth-order valence-electron chi connectivity index (χ4n) is 2.29. The maximum atomic E-state index is 12.6. The summed E-state index contributed by atoms with van der Waals surface area (Å²) in [6.45, 7) is 2.27. The Hall–Kier alpha value is -1.27. The van der Waals surface area contributed by atoms with Crippen LogP contribution in [0, 0.1) is 0 Å². The zero-order chi connectivity index (χ0) is 15.9. The van der Waals surface area contributed by atoms with Crippen molar-refractivity contribution >= 4 is 0 Å². The highest BCUT2D eigenvalue weighted by molar-refractivity contribution is 5.37. The first kappa shape index (κ1) is 17.8. The van der Waals surface area contributed by atoms with Crippen molar-refractivity contribution < 1.29 is 17.9 Å². The van der Waals surface area contributed by atoms with Crippen LogP contribution in [-0.2, 0) is 13.1 Å². The van der Waals surface area contributed by atoms with Crippen LogP contribution in [0.2, 0.25) is 0 Å². The van der Waals surface area contributed by atoms with Crippen LogP contribution in [0.5, 0.6) is 5.75 Å². The van der Waals surface area contributed by atoms with E-state index < -0.39 is 12.7 Å². The highest BCUT2D eigenvalue weighted by atomic mass is 19.4. The largest absolute Gasteiger partial charge is 0.496 e. The molecular formula is C15H23F3N2O. The van der Waals surface area contributed by atoms with Gasteiger partial charge in [-0.2, -0.15) is 13.2 Å². The lowest BCUT2D eigenvalue weighted by molar-refractivity contribution is -0.147. The predicted octanol–water partition coefficient (Wildman–Crippen LogP) is 3.19. The van der Waals surface area contributed by atoms with Gasteiger partial charge in [-0.1, -0.05) is 13.0 Å². The summed E-state index contributed by atoms with van der Waals surface area (Å²) in [5, 5.41) is 3.03. The molecule has 0 bridgehead atoms. The number of methoxy groups -OCH3 is 1. The van der Waals surface area contributed by atoms with Gasteiger partial charge in [-0.25, -0.2) is 0 Å². The van der Waals surface area contributed by atoms with Crippen LogP contribution < -0.4 is 10.1 Å². The summed E-state index contributed by atoms with van der Waals surface area (Å²) >= 11 is 0. The predicted molar refractivity (Wildman–Crippen MR) is 77.4 cm³/mol. The number of benzene rings is 1. The number of ether oxygens (including phenoxy) is 1. The summed E-state index contributed by atoms with van der Waals surface area (Å²) in [5.41, 5.74) is 1.81. The monoisotopic (exact) mass is 304 g/mol. The highest BCUT2D eigenvalue weighted by Crippen LogP contribution is 2.24. The minimum Gasteiger partial charge on any atom is -0.496 e. The van der Waals surface area contributed by atoms with Gasteiger partial charge in [0.15, 0.2) is 0 Å². The van der Waals surface area contributed by atoms with E-state index in [9.17, 15) is 13.2 Å². The molecule has 0 saturated heterocycles. The minimum atomic E-state index is -4.19. The zero-order valence-electron chi connectivity index (χ0n) is 12.8. The highest BCUT2D eigenvalue weighted by Gasteiger charge is 2.30. The Kier molecular flexibility index (Phi) is 6.98. The lowest BCUT2D eigenvalue weighted by Crippen LogP contribution is -2.34. The quantitative estimate of drug-likeness (QED) is 0.798. The standard InChI is InChI=1S/C15H23F3N2O/c1-4-7-20(11-15(16,17)18)10-13-8-12(9-19-2)5-6-14(13)21-3/h5-6,8,19H,4,7,9-11H2,1-3H3. The molecule has 0 atom stereocenters. The molecule has 0 amide bonds. The lowest BCUT2D eigenvalue weighted by Gasteiger charge is -2.24. The second-order valence-corrected chi connectivity index (χ2v) is 5.00. The van der Waals surface area contributed by atoms with Crippen LogP contribution in [-0.4, -0.2) is 38.3 Å². The second kappa shape index (κ2) is 8.24. The van der Waals surface area contributed by atoms with Crippen LogP contribution >= 0.6 is 0 Å². The molecule has 1 aromatic rings. The third-order valence-corrected chi connectivity index (χ3v) is 3.06. The second-order valence-electron chi connectivity index (χ2n) is 5.00. The Morgan fingerprint density at radius 3 is 2.52 bits per heavy atom. The first-order valence-corrected chi connectivity index (χ1v) is 6.99. The lowest BCUT2D eigenvalue weighted by atomic mass is 10.1.